The van der Waals surface area contributed by atoms with Gasteiger partial charge in [-0.15, -0.1) is 0 Å². The Morgan fingerprint density at radius 3 is 3.07 bits per heavy atom. The van der Waals surface area contributed by atoms with Crippen LogP contribution in [0.15, 0.2) is 12.1 Å². The lowest BCUT2D eigenvalue weighted by atomic mass is 10.1. The van der Waals surface area contributed by atoms with Crippen molar-refractivity contribution in [3.8, 4) is 0 Å². The monoisotopic (exact) mass is 201 g/mol. The summed E-state index contributed by atoms with van der Waals surface area (Å²) in [6, 6.07) is 4.28. The van der Waals surface area contributed by atoms with E-state index in [-0.39, 0.29) is 0 Å². The standard InChI is InChI=1S/C12H15N3/c1-8-3-4-10-12(9(8)2)15-6-5-13-7-11(15)14-10/h3-4,13H,5-7H2,1-2H3. The van der Waals surface area contributed by atoms with E-state index in [1.165, 1.54) is 22.5 Å². The average molecular weight is 201 g/mol. The summed E-state index contributed by atoms with van der Waals surface area (Å²) in [5.74, 6) is 1.17. The van der Waals surface area contributed by atoms with E-state index in [4.69, 9.17) is 0 Å². The maximum absolute atomic E-state index is 4.66. The molecule has 0 saturated heterocycles. The highest BCUT2D eigenvalue weighted by Crippen LogP contribution is 2.23. The summed E-state index contributed by atoms with van der Waals surface area (Å²) in [7, 11) is 0. The van der Waals surface area contributed by atoms with Gasteiger partial charge in [0.25, 0.3) is 0 Å². The number of nitrogens with one attached hydrogen (secondary N) is 1. The smallest absolute Gasteiger partial charge is 0.123 e. The zero-order valence-electron chi connectivity index (χ0n) is 9.17. The SMILES string of the molecule is Cc1ccc2nc3n(c2c1C)CCNC3. The van der Waals surface area contributed by atoms with Crippen molar-refractivity contribution in [2.45, 2.75) is 26.9 Å². The molecule has 3 rings (SSSR count). The van der Waals surface area contributed by atoms with E-state index in [0.29, 0.717) is 0 Å². The Morgan fingerprint density at radius 1 is 1.33 bits per heavy atom. The normalized spacial score (nSPS) is 15.6. The summed E-state index contributed by atoms with van der Waals surface area (Å²) in [5.41, 5.74) is 5.18. The lowest BCUT2D eigenvalue weighted by Gasteiger charge is -2.16. The molecular formula is C12H15N3. The van der Waals surface area contributed by atoms with Gasteiger partial charge in [-0.1, -0.05) is 6.07 Å². The van der Waals surface area contributed by atoms with Crippen LogP contribution in [-0.2, 0) is 13.1 Å². The van der Waals surface area contributed by atoms with Gasteiger partial charge in [0.05, 0.1) is 17.6 Å². The molecule has 1 N–H and O–H groups in total. The van der Waals surface area contributed by atoms with Gasteiger partial charge in [-0.2, -0.15) is 0 Å². The van der Waals surface area contributed by atoms with Crippen LogP contribution in [0.5, 0.6) is 0 Å². The molecular weight excluding hydrogens is 186 g/mol. The van der Waals surface area contributed by atoms with E-state index in [1.807, 2.05) is 0 Å². The van der Waals surface area contributed by atoms with Crippen LogP contribution in [-0.4, -0.2) is 16.1 Å². The lowest BCUT2D eigenvalue weighted by Crippen LogP contribution is -2.28. The molecule has 3 nitrogen and oxygen atoms in total. The van der Waals surface area contributed by atoms with Gasteiger partial charge in [0.2, 0.25) is 0 Å². The van der Waals surface area contributed by atoms with Gasteiger partial charge >= 0.3 is 0 Å². The van der Waals surface area contributed by atoms with Crippen LogP contribution in [0.4, 0.5) is 0 Å². The first-order valence-electron chi connectivity index (χ1n) is 5.43. The summed E-state index contributed by atoms with van der Waals surface area (Å²) in [5, 5.41) is 3.35. The zero-order chi connectivity index (χ0) is 10.4. The predicted octanol–water partition coefficient (Wildman–Crippen LogP) is 1.76. The summed E-state index contributed by atoms with van der Waals surface area (Å²) >= 11 is 0. The van der Waals surface area contributed by atoms with Crippen molar-refractivity contribution in [1.82, 2.24) is 14.9 Å². The summed E-state index contributed by atoms with van der Waals surface area (Å²) in [4.78, 5) is 4.66. The van der Waals surface area contributed by atoms with Gasteiger partial charge in [0.1, 0.15) is 5.82 Å². The van der Waals surface area contributed by atoms with Crippen molar-refractivity contribution in [3.63, 3.8) is 0 Å². The molecule has 1 aromatic heterocycles. The third-order valence-electron chi connectivity index (χ3n) is 3.31. The van der Waals surface area contributed by atoms with Crippen LogP contribution in [0.1, 0.15) is 17.0 Å². The fourth-order valence-corrected chi connectivity index (χ4v) is 2.31. The number of benzene rings is 1. The Bertz CT molecular complexity index is 525. The average Bonchev–Trinajstić information content (AvgIpc) is 2.62. The Morgan fingerprint density at radius 2 is 2.20 bits per heavy atom. The molecule has 0 radical (unpaired) electrons. The highest BCUT2D eigenvalue weighted by atomic mass is 15.2. The largest absolute Gasteiger partial charge is 0.325 e. The van der Waals surface area contributed by atoms with E-state index in [2.05, 4.69) is 40.8 Å². The molecule has 1 aliphatic rings. The zero-order valence-corrected chi connectivity index (χ0v) is 9.17. The number of aryl methyl sites for hydroxylation is 2. The van der Waals surface area contributed by atoms with Crippen LogP contribution in [0.3, 0.4) is 0 Å². The van der Waals surface area contributed by atoms with E-state index >= 15 is 0 Å². The second-order valence-electron chi connectivity index (χ2n) is 4.23. The van der Waals surface area contributed by atoms with E-state index < -0.39 is 0 Å². The molecule has 0 spiro atoms. The minimum absolute atomic E-state index is 0.896. The highest BCUT2D eigenvalue weighted by Gasteiger charge is 2.15. The molecule has 0 atom stereocenters. The van der Waals surface area contributed by atoms with Crippen LogP contribution in [0.25, 0.3) is 11.0 Å². The second-order valence-corrected chi connectivity index (χ2v) is 4.23. The summed E-state index contributed by atoms with van der Waals surface area (Å²) < 4.78 is 2.36. The van der Waals surface area contributed by atoms with Crippen LogP contribution in [0.2, 0.25) is 0 Å². The number of imidazole rings is 1. The first kappa shape index (κ1) is 8.92. The molecule has 0 unspecified atom stereocenters. The number of fused-ring (bicyclic) bond motifs is 3. The van der Waals surface area contributed by atoms with E-state index in [0.717, 1.165) is 25.2 Å². The van der Waals surface area contributed by atoms with Gasteiger partial charge in [-0.05, 0) is 31.0 Å². The molecule has 0 fully saturated rings. The van der Waals surface area contributed by atoms with E-state index in [9.17, 15) is 0 Å². The molecule has 3 heteroatoms. The minimum atomic E-state index is 0.896. The van der Waals surface area contributed by atoms with Gasteiger partial charge in [-0.3, -0.25) is 0 Å². The number of aromatic nitrogens is 2. The summed E-state index contributed by atoms with van der Waals surface area (Å²) in [6.07, 6.45) is 0. The van der Waals surface area contributed by atoms with Gasteiger partial charge in [0.15, 0.2) is 0 Å². The van der Waals surface area contributed by atoms with Crippen LogP contribution < -0.4 is 5.32 Å². The van der Waals surface area contributed by atoms with Crippen molar-refractivity contribution in [2.75, 3.05) is 6.54 Å². The third kappa shape index (κ3) is 1.20. The first-order valence-corrected chi connectivity index (χ1v) is 5.43. The van der Waals surface area contributed by atoms with Gasteiger partial charge < -0.3 is 9.88 Å². The van der Waals surface area contributed by atoms with Gasteiger partial charge in [0, 0.05) is 13.1 Å². The van der Waals surface area contributed by atoms with Crippen molar-refractivity contribution in [1.29, 1.82) is 0 Å². The Labute approximate surface area is 89.1 Å². The number of hydrogen-bond acceptors (Lipinski definition) is 2. The van der Waals surface area contributed by atoms with Crippen LogP contribution in [0, 0.1) is 13.8 Å². The fourth-order valence-electron chi connectivity index (χ4n) is 2.31. The third-order valence-corrected chi connectivity index (χ3v) is 3.31. The molecule has 1 aliphatic heterocycles. The van der Waals surface area contributed by atoms with Crippen LogP contribution >= 0.6 is 0 Å². The molecule has 0 aliphatic carbocycles. The van der Waals surface area contributed by atoms with Crippen molar-refractivity contribution >= 4 is 11.0 Å². The van der Waals surface area contributed by atoms with Crippen molar-refractivity contribution in [3.05, 3.63) is 29.1 Å². The first-order chi connectivity index (χ1) is 7.27. The highest BCUT2D eigenvalue weighted by molar-refractivity contribution is 5.81. The molecule has 15 heavy (non-hydrogen) atoms. The Hall–Kier alpha value is -1.35. The molecule has 2 heterocycles. The second kappa shape index (κ2) is 3.07. The number of rotatable bonds is 0. The summed E-state index contributed by atoms with van der Waals surface area (Å²) in [6.45, 7) is 7.33. The Kier molecular flexibility index (Phi) is 1.83. The number of nitrogens with zero attached hydrogens (tertiary/aromatic N) is 2. The fraction of sp³-hybridized carbons (Fsp3) is 0.417. The molecule has 0 bridgehead atoms. The molecule has 0 amide bonds. The predicted molar refractivity (Wildman–Crippen MR) is 60.9 cm³/mol. The lowest BCUT2D eigenvalue weighted by molar-refractivity contribution is 0.514. The van der Waals surface area contributed by atoms with Crippen molar-refractivity contribution in [2.24, 2.45) is 0 Å². The molecule has 2 aromatic rings. The van der Waals surface area contributed by atoms with E-state index in [1.54, 1.807) is 0 Å². The minimum Gasteiger partial charge on any atom is -0.325 e. The maximum Gasteiger partial charge on any atom is 0.123 e. The quantitative estimate of drug-likeness (QED) is 0.704. The maximum atomic E-state index is 4.66. The molecule has 0 saturated carbocycles. The molecule has 78 valence electrons. The molecule has 1 aromatic carbocycles. The van der Waals surface area contributed by atoms with Crippen molar-refractivity contribution < 1.29 is 0 Å². The topological polar surface area (TPSA) is 29.9 Å². The number of hydrogen-bond donors (Lipinski definition) is 1. The van der Waals surface area contributed by atoms with Gasteiger partial charge in [-0.25, -0.2) is 4.98 Å². The Balaban J connectivity index is 2.39.